The third kappa shape index (κ3) is 2.86. The molecule has 0 saturated heterocycles. The van der Waals surface area contributed by atoms with Crippen LogP contribution in [0.4, 0.5) is 5.95 Å². The topological polar surface area (TPSA) is 107 Å². The Morgan fingerprint density at radius 3 is 2.69 bits per heavy atom. The number of hydrogen-bond donors (Lipinski definition) is 1. The molecule has 0 radical (unpaired) electrons. The molecule has 3 heterocycles. The van der Waals surface area contributed by atoms with E-state index in [1.54, 1.807) is 24.7 Å². The van der Waals surface area contributed by atoms with Crippen LogP contribution in [0.5, 0.6) is 5.75 Å². The van der Waals surface area contributed by atoms with E-state index in [0.29, 0.717) is 11.7 Å². The summed E-state index contributed by atoms with van der Waals surface area (Å²) >= 11 is 0. The second kappa shape index (κ2) is 6.28. The van der Waals surface area contributed by atoms with Gasteiger partial charge in [0.15, 0.2) is 11.6 Å². The van der Waals surface area contributed by atoms with E-state index >= 15 is 0 Å². The first-order valence-electron chi connectivity index (χ1n) is 7.74. The number of methoxy groups -OCH3 is 1. The van der Waals surface area contributed by atoms with Crippen molar-refractivity contribution in [1.82, 2.24) is 24.6 Å². The van der Waals surface area contributed by atoms with E-state index < -0.39 is 5.91 Å². The fraction of sp³-hybridized carbons (Fsp3) is 0.118. The third-order valence-electron chi connectivity index (χ3n) is 3.70. The SMILES string of the molecule is COc1ccc(-c2ccnc3nc(NC(=O)c4coc(C)n4)nn23)cc1. The molecule has 1 aromatic carbocycles. The van der Waals surface area contributed by atoms with Gasteiger partial charge in [0.2, 0.25) is 0 Å². The van der Waals surface area contributed by atoms with Crippen molar-refractivity contribution < 1.29 is 13.9 Å². The number of aromatic nitrogens is 5. The van der Waals surface area contributed by atoms with E-state index in [4.69, 9.17) is 9.15 Å². The van der Waals surface area contributed by atoms with E-state index in [1.165, 1.54) is 6.26 Å². The minimum absolute atomic E-state index is 0.129. The van der Waals surface area contributed by atoms with Gasteiger partial charge in [-0.15, -0.1) is 5.10 Å². The minimum Gasteiger partial charge on any atom is -0.497 e. The fourth-order valence-electron chi connectivity index (χ4n) is 2.46. The van der Waals surface area contributed by atoms with Crippen LogP contribution in [0, 0.1) is 6.92 Å². The first-order valence-corrected chi connectivity index (χ1v) is 7.74. The number of benzene rings is 1. The van der Waals surface area contributed by atoms with Crippen LogP contribution in [0.3, 0.4) is 0 Å². The van der Waals surface area contributed by atoms with Crippen LogP contribution in [-0.2, 0) is 0 Å². The van der Waals surface area contributed by atoms with E-state index in [2.05, 4.69) is 25.4 Å². The van der Waals surface area contributed by atoms with Crippen molar-refractivity contribution in [1.29, 1.82) is 0 Å². The van der Waals surface area contributed by atoms with E-state index in [0.717, 1.165) is 17.0 Å². The predicted octanol–water partition coefficient (Wildman–Crippen LogP) is 2.35. The highest BCUT2D eigenvalue weighted by Gasteiger charge is 2.15. The lowest BCUT2D eigenvalue weighted by Crippen LogP contribution is -2.13. The fourth-order valence-corrected chi connectivity index (χ4v) is 2.46. The first-order chi connectivity index (χ1) is 12.6. The van der Waals surface area contributed by atoms with Gasteiger partial charge in [-0.3, -0.25) is 10.1 Å². The highest BCUT2D eigenvalue weighted by molar-refractivity contribution is 6.01. The standard InChI is InChI=1S/C17H14N6O3/c1-10-19-13(9-26-10)15(24)20-16-21-17-18-8-7-14(23(17)22-16)11-3-5-12(25-2)6-4-11/h3-9H,1-2H3,(H,20,22,24). The van der Waals surface area contributed by atoms with Crippen molar-refractivity contribution >= 4 is 17.6 Å². The molecule has 130 valence electrons. The lowest BCUT2D eigenvalue weighted by molar-refractivity contribution is 0.102. The number of anilines is 1. The summed E-state index contributed by atoms with van der Waals surface area (Å²) < 4.78 is 11.8. The number of fused-ring (bicyclic) bond motifs is 1. The zero-order valence-electron chi connectivity index (χ0n) is 14.0. The van der Waals surface area contributed by atoms with Crippen LogP contribution in [-0.4, -0.2) is 37.6 Å². The van der Waals surface area contributed by atoms with Gasteiger partial charge in [-0.25, -0.2) is 9.97 Å². The van der Waals surface area contributed by atoms with Crippen LogP contribution in [0.15, 0.2) is 47.2 Å². The summed E-state index contributed by atoms with van der Waals surface area (Å²) in [7, 11) is 1.61. The van der Waals surface area contributed by atoms with Crippen molar-refractivity contribution in [3.63, 3.8) is 0 Å². The summed E-state index contributed by atoms with van der Waals surface area (Å²) in [5.74, 6) is 1.20. The Hall–Kier alpha value is -3.75. The monoisotopic (exact) mass is 350 g/mol. The number of aryl methyl sites for hydroxylation is 1. The highest BCUT2D eigenvalue weighted by atomic mass is 16.5. The van der Waals surface area contributed by atoms with Gasteiger partial charge in [0, 0.05) is 18.7 Å². The second-order valence-corrected chi connectivity index (χ2v) is 5.41. The number of carbonyl (C=O) groups excluding carboxylic acids is 1. The summed E-state index contributed by atoms with van der Waals surface area (Å²) in [5, 5.41) is 6.92. The molecule has 0 aliphatic rings. The Balaban J connectivity index is 1.67. The summed E-state index contributed by atoms with van der Waals surface area (Å²) in [6.07, 6.45) is 2.91. The van der Waals surface area contributed by atoms with E-state index in [1.807, 2.05) is 30.3 Å². The second-order valence-electron chi connectivity index (χ2n) is 5.41. The van der Waals surface area contributed by atoms with Crippen molar-refractivity contribution in [2.75, 3.05) is 12.4 Å². The quantitative estimate of drug-likeness (QED) is 0.602. The maximum absolute atomic E-state index is 12.2. The Morgan fingerprint density at radius 2 is 2.00 bits per heavy atom. The highest BCUT2D eigenvalue weighted by Crippen LogP contribution is 2.22. The van der Waals surface area contributed by atoms with Gasteiger partial charge < -0.3 is 9.15 Å². The molecule has 0 atom stereocenters. The van der Waals surface area contributed by atoms with Gasteiger partial charge in [0.05, 0.1) is 12.8 Å². The van der Waals surface area contributed by atoms with E-state index in [-0.39, 0.29) is 11.6 Å². The Bertz CT molecular complexity index is 1080. The molecule has 4 rings (SSSR count). The molecular formula is C17H14N6O3. The number of nitrogens with zero attached hydrogens (tertiary/aromatic N) is 5. The van der Waals surface area contributed by atoms with Crippen molar-refractivity contribution in [2.45, 2.75) is 6.92 Å². The van der Waals surface area contributed by atoms with Crippen LogP contribution in [0.2, 0.25) is 0 Å². The lowest BCUT2D eigenvalue weighted by Gasteiger charge is -2.04. The first kappa shape index (κ1) is 15.8. The minimum atomic E-state index is -0.455. The van der Waals surface area contributed by atoms with Crippen LogP contribution >= 0.6 is 0 Å². The van der Waals surface area contributed by atoms with Gasteiger partial charge >= 0.3 is 0 Å². The maximum Gasteiger partial charge on any atom is 0.280 e. The van der Waals surface area contributed by atoms with Crippen LogP contribution in [0.25, 0.3) is 17.0 Å². The molecular weight excluding hydrogens is 336 g/mol. The van der Waals surface area contributed by atoms with Gasteiger partial charge in [-0.2, -0.15) is 9.50 Å². The molecule has 0 aliphatic carbocycles. The Labute approximate surface area is 147 Å². The summed E-state index contributed by atoms with van der Waals surface area (Å²) in [6, 6.07) is 9.34. The van der Waals surface area contributed by atoms with Crippen LogP contribution < -0.4 is 10.1 Å². The molecule has 0 fully saturated rings. The largest absolute Gasteiger partial charge is 0.497 e. The average molecular weight is 350 g/mol. The zero-order valence-corrected chi connectivity index (χ0v) is 14.0. The van der Waals surface area contributed by atoms with Crippen LogP contribution in [0.1, 0.15) is 16.4 Å². The third-order valence-corrected chi connectivity index (χ3v) is 3.70. The molecule has 3 aromatic heterocycles. The maximum atomic E-state index is 12.2. The predicted molar refractivity (Wildman–Crippen MR) is 92.0 cm³/mol. The van der Waals surface area contributed by atoms with Gasteiger partial charge in [-0.05, 0) is 30.3 Å². The lowest BCUT2D eigenvalue weighted by atomic mass is 10.1. The number of carbonyl (C=O) groups is 1. The van der Waals surface area contributed by atoms with Crippen molar-refractivity contribution in [2.24, 2.45) is 0 Å². The Kier molecular flexibility index (Phi) is 3.81. The average Bonchev–Trinajstić information content (AvgIpc) is 3.27. The van der Waals surface area contributed by atoms with E-state index in [9.17, 15) is 4.79 Å². The molecule has 9 nitrogen and oxygen atoms in total. The van der Waals surface area contributed by atoms with Crippen molar-refractivity contribution in [3.8, 4) is 17.0 Å². The van der Waals surface area contributed by atoms with Gasteiger partial charge in [-0.1, -0.05) is 0 Å². The molecule has 0 spiro atoms. The molecule has 4 aromatic rings. The molecule has 0 saturated carbocycles. The summed E-state index contributed by atoms with van der Waals surface area (Å²) in [4.78, 5) is 24.6. The molecule has 0 bridgehead atoms. The number of rotatable bonds is 4. The number of amides is 1. The normalized spacial score (nSPS) is 10.8. The Morgan fingerprint density at radius 1 is 1.19 bits per heavy atom. The van der Waals surface area contributed by atoms with Gasteiger partial charge in [0.1, 0.15) is 12.0 Å². The molecule has 0 aliphatic heterocycles. The number of oxazole rings is 1. The number of ether oxygens (including phenoxy) is 1. The summed E-state index contributed by atoms with van der Waals surface area (Å²) in [5.41, 5.74) is 1.85. The number of nitrogens with one attached hydrogen (secondary N) is 1. The molecule has 0 unspecified atom stereocenters. The smallest absolute Gasteiger partial charge is 0.280 e. The van der Waals surface area contributed by atoms with Crippen molar-refractivity contribution in [3.05, 3.63) is 54.4 Å². The zero-order chi connectivity index (χ0) is 18.1. The van der Waals surface area contributed by atoms with Gasteiger partial charge in [0.25, 0.3) is 17.6 Å². The molecule has 9 heteroatoms. The number of hydrogen-bond acceptors (Lipinski definition) is 7. The molecule has 1 amide bonds. The molecule has 26 heavy (non-hydrogen) atoms. The summed E-state index contributed by atoms with van der Waals surface area (Å²) in [6.45, 7) is 1.66. The molecule has 1 N–H and O–H groups in total.